The first-order valence-electron chi connectivity index (χ1n) is 6.29. The molecule has 0 radical (unpaired) electrons. The van der Waals surface area contributed by atoms with Crippen molar-refractivity contribution in [1.82, 2.24) is 0 Å². The number of carbonyl (C=O) groups excluding carboxylic acids is 2. The Morgan fingerprint density at radius 3 is 2.75 bits per heavy atom. The Labute approximate surface area is 143 Å². The van der Waals surface area contributed by atoms with Gasteiger partial charge in [-0.2, -0.15) is 5.26 Å². The number of rotatable bonds is 5. The summed E-state index contributed by atoms with van der Waals surface area (Å²) in [4.78, 5) is 34.4. The number of nitro groups is 1. The van der Waals surface area contributed by atoms with Gasteiger partial charge in [0.15, 0.2) is 0 Å². The molecule has 0 saturated carbocycles. The zero-order chi connectivity index (χ0) is 17.7. The lowest BCUT2D eigenvalue weighted by molar-refractivity contribution is -0.380. The molecule has 2 aromatic rings. The van der Waals surface area contributed by atoms with Crippen molar-refractivity contribution in [2.75, 3.05) is 12.4 Å². The second-order valence-corrected chi connectivity index (χ2v) is 6.22. The number of methoxy groups -OCH3 is 1. The minimum atomic E-state index is -0.725. The van der Waals surface area contributed by atoms with E-state index >= 15 is 0 Å². The number of hydrogen-bond acceptors (Lipinski definition) is 8. The molecule has 0 fully saturated rings. The smallest absolute Gasteiger partial charge is 0.350 e. The van der Waals surface area contributed by atoms with Crippen LogP contribution in [0, 0.1) is 21.4 Å². The van der Waals surface area contributed by atoms with E-state index in [1.807, 2.05) is 0 Å². The maximum atomic E-state index is 12.2. The van der Waals surface area contributed by atoms with Crippen molar-refractivity contribution in [3.63, 3.8) is 0 Å². The van der Waals surface area contributed by atoms with Crippen molar-refractivity contribution >= 4 is 51.3 Å². The van der Waals surface area contributed by atoms with Crippen LogP contribution in [0.4, 0.5) is 10.7 Å². The molecule has 0 bridgehead atoms. The monoisotopic (exact) mass is 363 g/mol. The van der Waals surface area contributed by atoms with E-state index in [1.54, 1.807) is 11.4 Å². The highest BCUT2D eigenvalue weighted by Gasteiger charge is 2.18. The predicted octanol–water partition coefficient (Wildman–Crippen LogP) is 3.05. The second-order valence-electron chi connectivity index (χ2n) is 4.21. The third kappa shape index (κ3) is 3.83. The van der Waals surface area contributed by atoms with Gasteiger partial charge in [-0.3, -0.25) is 14.9 Å². The van der Waals surface area contributed by atoms with Crippen LogP contribution in [-0.2, 0) is 9.53 Å². The third-order valence-corrected chi connectivity index (χ3v) is 4.61. The van der Waals surface area contributed by atoms with Crippen molar-refractivity contribution in [1.29, 1.82) is 5.26 Å². The highest BCUT2D eigenvalue weighted by atomic mass is 32.1. The van der Waals surface area contributed by atoms with Crippen LogP contribution in [-0.4, -0.2) is 23.9 Å². The topological polar surface area (TPSA) is 122 Å². The van der Waals surface area contributed by atoms with Crippen molar-refractivity contribution in [2.24, 2.45) is 0 Å². The fourth-order valence-corrected chi connectivity index (χ4v) is 3.19. The predicted molar refractivity (Wildman–Crippen MR) is 88.9 cm³/mol. The Balaban J connectivity index is 2.22. The standard InChI is InChI=1S/C14H9N3O5S2/c1-22-14(19)12-10(4-5-23-12)16-13(18)8(7-15)6-9-2-3-11(24-9)17(20)21/h2-6H,1H3,(H,16,18). The summed E-state index contributed by atoms with van der Waals surface area (Å²) < 4.78 is 4.60. The number of hydrogen-bond donors (Lipinski definition) is 1. The molecule has 0 aromatic carbocycles. The molecule has 10 heteroatoms. The molecular weight excluding hydrogens is 354 g/mol. The lowest BCUT2D eigenvalue weighted by Crippen LogP contribution is -2.15. The van der Waals surface area contributed by atoms with Gasteiger partial charge in [0.2, 0.25) is 0 Å². The molecule has 1 N–H and O–H groups in total. The van der Waals surface area contributed by atoms with E-state index in [2.05, 4.69) is 10.1 Å². The molecule has 0 aliphatic rings. The van der Waals surface area contributed by atoms with E-state index in [9.17, 15) is 19.7 Å². The first-order chi connectivity index (χ1) is 11.5. The summed E-state index contributed by atoms with van der Waals surface area (Å²) in [5, 5.41) is 23.7. The van der Waals surface area contributed by atoms with Gasteiger partial charge in [0.25, 0.3) is 5.91 Å². The molecule has 24 heavy (non-hydrogen) atoms. The van der Waals surface area contributed by atoms with Crippen LogP contribution >= 0.6 is 22.7 Å². The van der Waals surface area contributed by atoms with Gasteiger partial charge in [-0.05, 0) is 23.6 Å². The molecule has 0 aliphatic carbocycles. The van der Waals surface area contributed by atoms with E-state index in [0.717, 1.165) is 22.7 Å². The third-order valence-electron chi connectivity index (χ3n) is 2.73. The van der Waals surface area contributed by atoms with Gasteiger partial charge in [0, 0.05) is 10.9 Å². The van der Waals surface area contributed by atoms with E-state index in [0.29, 0.717) is 4.88 Å². The van der Waals surface area contributed by atoms with Crippen molar-refractivity contribution in [3.05, 3.63) is 49.0 Å². The average molecular weight is 363 g/mol. The van der Waals surface area contributed by atoms with Crippen molar-refractivity contribution in [2.45, 2.75) is 0 Å². The SMILES string of the molecule is COC(=O)c1sccc1NC(=O)C(C#N)=Cc1ccc([N+](=O)[O-])s1. The molecule has 0 saturated heterocycles. The Morgan fingerprint density at radius 1 is 1.42 bits per heavy atom. The van der Waals surface area contributed by atoms with E-state index in [4.69, 9.17) is 5.26 Å². The van der Waals surface area contributed by atoms with Crippen LogP contribution in [0.5, 0.6) is 0 Å². The molecule has 0 aliphatic heterocycles. The Hall–Kier alpha value is -3.03. The first-order valence-corrected chi connectivity index (χ1v) is 7.99. The van der Waals surface area contributed by atoms with Gasteiger partial charge in [-0.1, -0.05) is 11.3 Å². The van der Waals surface area contributed by atoms with Crippen molar-refractivity contribution in [3.8, 4) is 6.07 Å². The molecule has 8 nitrogen and oxygen atoms in total. The molecule has 0 atom stereocenters. The highest BCUT2D eigenvalue weighted by molar-refractivity contribution is 7.16. The number of anilines is 1. The fourth-order valence-electron chi connectivity index (χ4n) is 1.66. The fraction of sp³-hybridized carbons (Fsp3) is 0.0714. The van der Waals surface area contributed by atoms with Gasteiger partial charge >= 0.3 is 11.0 Å². The minimum Gasteiger partial charge on any atom is -0.465 e. The number of esters is 1. The van der Waals surface area contributed by atoms with Crippen LogP contribution in [0.3, 0.4) is 0 Å². The van der Waals surface area contributed by atoms with Gasteiger partial charge in [0.05, 0.1) is 17.7 Å². The summed E-state index contributed by atoms with van der Waals surface area (Å²) in [6.45, 7) is 0. The minimum absolute atomic E-state index is 0.0928. The van der Waals surface area contributed by atoms with Gasteiger partial charge in [0.1, 0.15) is 16.5 Å². The van der Waals surface area contributed by atoms with Crippen LogP contribution < -0.4 is 5.32 Å². The van der Waals surface area contributed by atoms with Gasteiger partial charge < -0.3 is 10.1 Å². The summed E-state index contributed by atoms with van der Waals surface area (Å²) >= 11 is 1.93. The number of nitrogens with zero attached hydrogens (tertiary/aromatic N) is 2. The number of nitrogens with one attached hydrogen (secondary N) is 1. The van der Waals surface area contributed by atoms with Crippen LogP contribution in [0.1, 0.15) is 14.5 Å². The van der Waals surface area contributed by atoms with E-state index in [1.165, 1.54) is 31.4 Å². The largest absolute Gasteiger partial charge is 0.465 e. The van der Waals surface area contributed by atoms with Crippen LogP contribution in [0.2, 0.25) is 0 Å². The van der Waals surface area contributed by atoms with Crippen LogP contribution in [0.15, 0.2) is 29.2 Å². The number of nitriles is 1. The molecular formula is C14H9N3O5S2. The lowest BCUT2D eigenvalue weighted by atomic mass is 10.2. The lowest BCUT2D eigenvalue weighted by Gasteiger charge is -2.04. The number of ether oxygens (including phenoxy) is 1. The average Bonchev–Trinajstić information content (AvgIpc) is 3.20. The summed E-state index contributed by atoms with van der Waals surface area (Å²) in [5.74, 6) is -1.33. The molecule has 2 rings (SSSR count). The van der Waals surface area contributed by atoms with Gasteiger partial charge in [-0.15, -0.1) is 11.3 Å². The van der Waals surface area contributed by atoms with Crippen molar-refractivity contribution < 1.29 is 19.2 Å². The van der Waals surface area contributed by atoms with Gasteiger partial charge in [-0.25, -0.2) is 4.79 Å². The molecule has 0 unspecified atom stereocenters. The normalized spacial score (nSPS) is 10.8. The molecule has 0 spiro atoms. The summed E-state index contributed by atoms with van der Waals surface area (Å²) in [7, 11) is 1.22. The molecule has 2 heterocycles. The summed E-state index contributed by atoms with van der Waals surface area (Å²) in [6, 6.07) is 5.98. The zero-order valence-corrected chi connectivity index (χ0v) is 13.8. The van der Waals surface area contributed by atoms with Crippen LogP contribution in [0.25, 0.3) is 6.08 Å². The number of carbonyl (C=O) groups is 2. The van der Waals surface area contributed by atoms with E-state index < -0.39 is 16.8 Å². The molecule has 2 aromatic heterocycles. The number of amides is 1. The first kappa shape index (κ1) is 17.3. The Bertz CT molecular complexity index is 875. The zero-order valence-electron chi connectivity index (χ0n) is 12.1. The maximum Gasteiger partial charge on any atom is 0.350 e. The Morgan fingerprint density at radius 2 is 2.17 bits per heavy atom. The maximum absolute atomic E-state index is 12.2. The van der Waals surface area contributed by atoms with E-state index in [-0.39, 0.29) is 21.1 Å². The molecule has 122 valence electrons. The summed E-state index contributed by atoms with van der Waals surface area (Å²) in [6.07, 6.45) is 1.25. The highest BCUT2D eigenvalue weighted by Crippen LogP contribution is 2.27. The molecule has 1 amide bonds. The summed E-state index contributed by atoms with van der Waals surface area (Å²) in [5.41, 5.74) is -0.0103. The second kappa shape index (κ2) is 7.49. The Kier molecular flexibility index (Phi) is 5.41. The number of thiophene rings is 2. The quantitative estimate of drug-likeness (QED) is 0.286.